The van der Waals surface area contributed by atoms with E-state index >= 15 is 0 Å². The lowest BCUT2D eigenvalue weighted by Crippen LogP contribution is -1.94. The largest absolute Gasteiger partial charge is 0.393 e. The van der Waals surface area contributed by atoms with Crippen LogP contribution in [0.15, 0.2) is 0 Å². The smallest absolute Gasteiger partial charge is 0.314 e. The van der Waals surface area contributed by atoms with Crippen LogP contribution < -0.4 is 0 Å². The Bertz CT molecular complexity index is 106. The van der Waals surface area contributed by atoms with Crippen LogP contribution >= 0.6 is 0 Å². The van der Waals surface area contributed by atoms with E-state index in [1.54, 1.807) is 0 Å². The van der Waals surface area contributed by atoms with Crippen LogP contribution in [0.1, 0.15) is 12.8 Å². The monoisotopic (exact) mass is 128 g/mol. The van der Waals surface area contributed by atoms with Gasteiger partial charge >= 0.3 is 11.9 Å². The van der Waals surface area contributed by atoms with Crippen molar-refractivity contribution >= 4 is 22.9 Å². The number of carbonyl (C=O) groups is 2. The molecule has 1 fully saturated rings. The molecule has 42 valence electrons. The van der Waals surface area contributed by atoms with Gasteiger partial charge in [-0.25, -0.2) is 0 Å². The highest BCUT2D eigenvalue weighted by atomic mass is 28.1. The van der Waals surface area contributed by atoms with E-state index in [0.717, 1.165) is 0 Å². The zero-order chi connectivity index (χ0) is 5.28. The van der Waals surface area contributed by atoms with Gasteiger partial charge < -0.3 is 4.74 Å². The van der Waals surface area contributed by atoms with Gasteiger partial charge in [-0.2, -0.15) is 0 Å². The van der Waals surface area contributed by atoms with Crippen molar-refractivity contribution in [3.05, 3.63) is 0 Å². The SMILES string of the molecule is O=C1CCC(=O)O1.[Si]. The van der Waals surface area contributed by atoms with Crippen LogP contribution in [0, 0.1) is 0 Å². The molecule has 1 rings (SSSR count). The molecule has 4 radical (unpaired) electrons. The molecule has 0 aromatic carbocycles. The normalized spacial score (nSPS) is 17.5. The predicted molar refractivity (Wildman–Crippen MR) is 26.1 cm³/mol. The summed E-state index contributed by atoms with van der Waals surface area (Å²) in [6, 6.07) is 0. The highest BCUT2D eigenvalue weighted by Gasteiger charge is 2.19. The fraction of sp³-hybridized carbons (Fsp3) is 0.500. The average Bonchev–Trinajstić information content (AvgIpc) is 1.87. The third kappa shape index (κ3) is 1.46. The first-order valence-corrected chi connectivity index (χ1v) is 2.02. The summed E-state index contributed by atoms with van der Waals surface area (Å²) in [5.74, 6) is -0.796. The zero-order valence-corrected chi connectivity index (χ0v) is 5.14. The summed E-state index contributed by atoms with van der Waals surface area (Å²) in [4.78, 5) is 20.0. The van der Waals surface area contributed by atoms with Gasteiger partial charge in [-0.15, -0.1) is 0 Å². The summed E-state index contributed by atoms with van der Waals surface area (Å²) in [5.41, 5.74) is 0. The Kier molecular flexibility index (Phi) is 2.40. The van der Waals surface area contributed by atoms with Crippen LogP contribution in [0.5, 0.6) is 0 Å². The molecular formula is C4H4O3Si. The fourth-order valence-corrected chi connectivity index (χ4v) is 0.433. The number of esters is 2. The molecule has 0 N–H and O–H groups in total. The number of hydrogen-bond donors (Lipinski definition) is 0. The molecule has 1 saturated heterocycles. The van der Waals surface area contributed by atoms with Crippen molar-refractivity contribution in [3.63, 3.8) is 0 Å². The van der Waals surface area contributed by atoms with Gasteiger partial charge in [0.2, 0.25) is 0 Å². The van der Waals surface area contributed by atoms with Crippen LogP contribution in [-0.2, 0) is 14.3 Å². The molecule has 0 aromatic heterocycles. The van der Waals surface area contributed by atoms with Crippen LogP contribution in [0.4, 0.5) is 0 Å². The minimum absolute atomic E-state index is 0. The van der Waals surface area contributed by atoms with Gasteiger partial charge in [0.15, 0.2) is 0 Å². The van der Waals surface area contributed by atoms with E-state index in [0.29, 0.717) is 0 Å². The molecular weight excluding hydrogens is 124 g/mol. The molecule has 0 bridgehead atoms. The highest BCUT2D eigenvalue weighted by molar-refractivity contribution is 5.92. The lowest BCUT2D eigenvalue weighted by atomic mass is 10.4. The number of ether oxygens (including phenoxy) is 1. The van der Waals surface area contributed by atoms with Crippen LogP contribution in [0.3, 0.4) is 0 Å². The van der Waals surface area contributed by atoms with E-state index in [4.69, 9.17) is 0 Å². The van der Waals surface area contributed by atoms with Crippen molar-refractivity contribution in [3.8, 4) is 0 Å². The first-order valence-electron chi connectivity index (χ1n) is 2.02. The van der Waals surface area contributed by atoms with Crippen LogP contribution in [-0.4, -0.2) is 22.9 Å². The number of cyclic esters (lactones) is 2. The maximum absolute atomic E-state index is 10.0. The van der Waals surface area contributed by atoms with Crippen molar-refractivity contribution in [1.82, 2.24) is 0 Å². The molecule has 1 aliphatic heterocycles. The minimum Gasteiger partial charge on any atom is -0.393 e. The lowest BCUT2D eigenvalue weighted by molar-refractivity contribution is -0.151. The highest BCUT2D eigenvalue weighted by Crippen LogP contribution is 2.03. The van der Waals surface area contributed by atoms with Gasteiger partial charge in [0.05, 0.1) is 12.8 Å². The maximum Gasteiger partial charge on any atom is 0.314 e. The molecule has 4 heteroatoms. The Morgan fingerprint density at radius 2 is 1.50 bits per heavy atom. The second-order valence-corrected chi connectivity index (χ2v) is 1.35. The van der Waals surface area contributed by atoms with E-state index in [9.17, 15) is 9.59 Å². The molecule has 0 atom stereocenters. The Morgan fingerprint density at radius 1 is 1.12 bits per heavy atom. The molecule has 1 heterocycles. The zero-order valence-electron chi connectivity index (χ0n) is 4.14. The minimum atomic E-state index is -0.398. The Balaban J connectivity index is 0.000000490. The van der Waals surface area contributed by atoms with E-state index in [-0.39, 0.29) is 23.8 Å². The van der Waals surface area contributed by atoms with E-state index in [1.807, 2.05) is 0 Å². The van der Waals surface area contributed by atoms with Gasteiger partial charge in [0.25, 0.3) is 0 Å². The molecule has 0 unspecified atom stereocenters. The number of rotatable bonds is 0. The summed E-state index contributed by atoms with van der Waals surface area (Å²) in [5, 5.41) is 0. The average molecular weight is 128 g/mol. The molecule has 8 heavy (non-hydrogen) atoms. The second-order valence-electron chi connectivity index (χ2n) is 1.35. The molecule has 1 aliphatic rings. The molecule has 0 amide bonds. The first kappa shape index (κ1) is 7.36. The van der Waals surface area contributed by atoms with Gasteiger partial charge in [0, 0.05) is 11.0 Å². The van der Waals surface area contributed by atoms with Crippen LogP contribution in [0.25, 0.3) is 0 Å². The Hall–Kier alpha value is -0.643. The van der Waals surface area contributed by atoms with Gasteiger partial charge in [0.1, 0.15) is 0 Å². The van der Waals surface area contributed by atoms with Crippen LogP contribution in [0.2, 0.25) is 0 Å². The molecule has 0 aliphatic carbocycles. The van der Waals surface area contributed by atoms with Crippen molar-refractivity contribution < 1.29 is 14.3 Å². The van der Waals surface area contributed by atoms with E-state index in [1.165, 1.54) is 0 Å². The van der Waals surface area contributed by atoms with Gasteiger partial charge in [-0.1, -0.05) is 0 Å². The standard InChI is InChI=1S/C4H4O3.Si/c5-3-1-2-4(6)7-3;/h1-2H2;. The second kappa shape index (κ2) is 2.61. The van der Waals surface area contributed by atoms with Gasteiger partial charge in [-0.05, 0) is 0 Å². The van der Waals surface area contributed by atoms with E-state index < -0.39 is 11.9 Å². The van der Waals surface area contributed by atoms with E-state index in [2.05, 4.69) is 4.74 Å². The lowest BCUT2D eigenvalue weighted by Gasteiger charge is -1.79. The fourth-order valence-electron chi connectivity index (χ4n) is 0.433. The Morgan fingerprint density at radius 3 is 1.62 bits per heavy atom. The quantitative estimate of drug-likeness (QED) is 0.250. The van der Waals surface area contributed by atoms with Crippen molar-refractivity contribution in [1.29, 1.82) is 0 Å². The van der Waals surface area contributed by atoms with Crippen molar-refractivity contribution in [2.45, 2.75) is 12.8 Å². The molecule has 0 spiro atoms. The van der Waals surface area contributed by atoms with Crippen molar-refractivity contribution in [2.75, 3.05) is 0 Å². The topological polar surface area (TPSA) is 43.4 Å². The third-order valence-electron chi connectivity index (χ3n) is 0.761. The Labute approximate surface area is 51.0 Å². The maximum atomic E-state index is 10.0. The number of carbonyl (C=O) groups excluding carboxylic acids is 2. The summed E-state index contributed by atoms with van der Waals surface area (Å²) in [7, 11) is 0. The summed E-state index contributed by atoms with van der Waals surface area (Å²) >= 11 is 0. The van der Waals surface area contributed by atoms with Crippen molar-refractivity contribution in [2.24, 2.45) is 0 Å². The molecule has 0 aromatic rings. The number of hydrogen-bond acceptors (Lipinski definition) is 3. The van der Waals surface area contributed by atoms with Gasteiger partial charge in [-0.3, -0.25) is 9.59 Å². The summed E-state index contributed by atoms with van der Waals surface area (Å²) in [6.45, 7) is 0. The third-order valence-corrected chi connectivity index (χ3v) is 0.761. The molecule has 3 nitrogen and oxygen atoms in total. The first-order chi connectivity index (χ1) is 3.29. The molecule has 0 saturated carbocycles. The summed E-state index contributed by atoms with van der Waals surface area (Å²) < 4.78 is 4.08. The predicted octanol–water partition coefficient (Wildman–Crippen LogP) is -0.531. The summed E-state index contributed by atoms with van der Waals surface area (Å²) in [6.07, 6.45) is 0.525.